The fourth-order valence-electron chi connectivity index (χ4n) is 2.75. The van der Waals surface area contributed by atoms with Gasteiger partial charge >= 0.3 is 0 Å². The van der Waals surface area contributed by atoms with Gasteiger partial charge in [0.05, 0.1) is 6.61 Å². The molecule has 0 saturated heterocycles. The maximum Gasteiger partial charge on any atom is 0.0637 e. The van der Waals surface area contributed by atoms with Gasteiger partial charge in [-0.25, -0.2) is 0 Å². The average Bonchev–Trinajstić information content (AvgIpc) is 2.50. The minimum atomic E-state index is 0.754. The van der Waals surface area contributed by atoms with Gasteiger partial charge in [0.25, 0.3) is 0 Å². The summed E-state index contributed by atoms with van der Waals surface area (Å²) in [4.78, 5) is 2.42. The number of hydrogen-bond acceptors (Lipinski definition) is 4. The van der Waals surface area contributed by atoms with Crippen LogP contribution in [0.2, 0.25) is 0 Å². The number of fused-ring (bicyclic) bond motifs is 1. The highest BCUT2D eigenvalue weighted by molar-refractivity contribution is 5.57. The van der Waals surface area contributed by atoms with Crippen molar-refractivity contribution in [2.75, 3.05) is 52.0 Å². The van der Waals surface area contributed by atoms with Crippen LogP contribution in [0.3, 0.4) is 0 Å². The first kappa shape index (κ1) is 15.3. The minimum Gasteiger partial charge on any atom is -0.385 e. The van der Waals surface area contributed by atoms with Crippen molar-refractivity contribution in [3.63, 3.8) is 0 Å². The molecule has 0 saturated carbocycles. The molecule has 0 aromatic heterocycles. The number of nitrogens with one attached hydrogen (secondary N) is 1. The van der Waals surface area contributed by atoms with E-state index in [1.807, 2.05) is 0 Å². The molecule has 1 aromatic carbocycles. The highest BCUT2D eigenvalue weighted by atomic mass is 16.5. The van der Waals surface area contributed by atoms with Crippen molar-refractivity contribution < 1.29 is 9.47 Å². The van der Waals surface area contributed by atoms with Crippen LogP contribution in [0.4, 0.5) is 5.69 Å². The van der Waals surface area contributed by atoms with Gasteiger partial charge in [0, 0.05) is 46.1 Å². The second kappa shape index (κ2) is 8.25. The molecule has 1 aliphatic rings. The van der Waals surface area contributed by atoms with Crippen LogP contribution in [0.5, 0.6) is 0 Å². The van der Waals surface area contributed by atoms with Gasteiger partial charge in [0.1, 0.15) is 0 Å². The van der Waals surface area contributed by atoms with E-state index in [1.165, 1.54) is 16.8 Å². The number of ether oxygens (including phenoxy) is 2. The molecule has 2 rings (SSSR count). The van der Waals surface area contributed by atoms with Gasteiger partial charge in [-0.3, -0.25) is 0 Å². The van der Waals surface area contributed by atoms with Gasteiger partial charge in [-0.15, -0.1) is 0 Å². The molecule has 0 unspecified atom stereocenters. The predicted molar refractivity (Wildman–Crippen MR) is 82.4 cm³/mol. The smallest absolute Gasteiger partial charge is 0.0637 e. The van der Waals surface area contributed by atoms with Crippen LogP contribution in [-0.4, -0.2) is 47.1 Å². The number of benzene rings is 1. The zero-order valence-corrected chi connectivity index (χ0v) is 12.7. The molecule has 20 heavy (non-hydrogen) atoms. The minimum absolute atomic E-state index is 0.754. The van der Waals surface area contributed by atoms with Gasteiger partial charge < -0.3 is 19.7 Å². The van der Waals surface area contributed by atoms with Crippen LogP contribution in [0.25, 0.3) is 0 Å². The van der Waals surface area contributed by atoms with E-state index in [9.17, 15) is 0 Å². The van der Waals surface area contributed by atoms with Gasteiger partial charge in [-0.05, 0) is 36.6 Å². The third-order valence-electron chi connectivity index (χ3n) is 3.80. The van der Waals surface area contributed by atoms with Crippen LogP contribution < -0.4 is 10.2 Å². The van der Waals surface area contributed by atoms with Crippen molar-refractivity contribution in [3.05, 3.63) is 29.3 Å². The molecule has 4 nitrogen and oxygen atoms in total. The monoisotopic (exact) mass is 278 g/mol. The summed E-state index contributed by atoms with van der Waals surface area (Å²) in [5.41, 5.74) is 4.28. The van der Waals surface area contributed by atoms with Gasteiger partial charge in [-0.2, -0.15) is 0 Å². The van der Waals surface area contributed by atoms with Crippen LogP contribution in [0.1, 0.15) is 17.5 Å². The SMILES string of the molecule is COCCCN(CCOC)c1cccc2c1CNCC2. The molecule has 0 fully saturated rings. The molecule has 0 atom stereocenters. The normalized spacial score (nSPS) is 14.1. The fraction of sp³-hybridized carbons (Fsp3) is 0.625. The Morgan fingerprint density at radius 1 is 1.15 bits per heavy atom. The van der Waals surface area contributed by atoms with Crippen molar-refractivity contribution >= 4 is 5.69 Å². The molecule has 0 radical (unpaired) electrons. The molecular formula is C16H26N2O2. The average molecular weight is 278 g/mol. The molecular weight excluding hydrogens is 252 g/mol. The maximum atomic E-state index is 5.26. The lowest BCUT2D eigenvalue weighted by atomic mass is 9.98. The number of hydrogen-bond donors (Lipinski definition) is 1. The molecule has 1 heterocycles. The first-order valence-corrected chi connectivity index (χ1v) is 7.41. The molecule has 1 aromatic rings. The largest absolute Gasteiger partial charge is 0.385 e. The maximum absolute atomic E-state index is 5.26. The molecule has 0 amide bonds. The standard InChI is InChI=1S/C16H26N2O2/c1-19-11-4-9-18(10-12-20-2)16-6-3-5-14-7-8-17-13-15(14)16/h3,5-6,17H,4,7-13H2,1-2H3. The second-order valence-electron chi connectivity index (χ2n) is 5.17. The number of methoxy groups -OCH3 is 2. The molecule has 0 spiro atoms. The third-order valence-corrected chi connectivity index (χ3v) is 3.80. The van der Waals surface area contributed by atoms with Crippen molar-refractivity contribution in [1.29, 1.82) is 0 Å². The summed E-state index contributed by atoms with van der Waals surface area (Å²) in [7, 11) is 3.52. The Kier molecular flexibility index (Phi) is 6.30. The quantitative estimate of drug-likeness (QED) is 0.736. The van der Waals surface area contributed by atoms with E-state index in [1.54, 1.807) is 14.2 Å². The predicted octanol–water partition coefficient (Wildman–Crippen LogP) is 1.82. The topological polar surface area (TPSA) is 33.7 Å². The van der Waals surface area contributed by atoms with Crippen LogP contribution in [0.15, 0.2) is 18.2 Å². The number of anilines is 1. The Balaban J connectivity index is 2.14. The summed E-state index contributed by atoms with van der Waals surface area (Å²) in [5.74, 6) is 0. The Bertz CT molecular complexity index is 409. The van der Waals surface area contributed by atoms with Crippen LogP contribution >= 0.6 is 0 Å². The lowest BCUT2D eigenvalue weighted by molar-refractivity contribution is 0.191. The first-order chi connectivity index (χ1) is 9.86. The number of nitrogens with zero attached hydrogens (tertiary/aromatic N) is 1. The van der Waals surface area contributed by atoms with Crippen molar-refractivity contribution in [2.24, 2.45) is 0 Å². The fourth-order valence-corrected chi connectivity index (χ4v) is 2.75. The zero-order valence-electron chi connectivity index (χ0n) is 12.7. The van der Waals surface area contributed by atoms with Crippen LogP contribution in [0, 0.1) is 0 Å². The summed E-state index contributed by atoms with van der Waals surface area (Å²) in [5, 5.41) is 3.48. The van der Waals surface area contributed by atoms with E-state index < -0.39 is 0 Å². The van der Waals surface area contributed by atoms with E-state index in [4.69, 9.17) is 9.47 Å². The summed E-state index contributed by atoms with van der Waals surface area (Å²) >= 11 is 0. The molecule has 0 aliphatic carbocycles. The molecule has 112 valence electrons. The van der Waals surface area contributed by atoms with E-state index >= 15 is 0 Å². The zero-order chi connectivity index (χ0) is 14.2. The Labute approximate surface area is 122 Å². The summed E-state index contributed by atoms with van der Waals surface area (Å²) < 4.78 is 10.4. The van der Waals surface area contributed by atoms with E-state index in [0.29, 0.717) is 0 Å². The van der Waals surface area contributed by atoms with Crippen molar-refractivity contribution in [1.82, 2.24) is 5.32 Å². The van der Waals surface area contributed by atoms with Crippen molar-refractivity contribution in [2.45, 2.75) is 19.4 Å². The molecule has 1 aliphatic heterocycles. The van der Waals surface area contributed by atoms with E-state index in [-0.39, 0.29) is 0 Å². The summed E-state index contributed by atoms with van der Waals surface area (Å²) in [6, 6.07) is 6.66. The first-order valence-electron chi connectivity index (χ1n) is 7.41. The Morgan fingerprint density at radius 3 is 2.80 bits per heavy atom. The van der Waals surface area contributed by atoms with Gasteiger partial charge in [0.2, 0.25) is 0 Å². The lowest BCUT2D eigenvalue weighted by Gasteiger charge is -2.30. The number of rotatable bonds is 8. The van der Waals surface area contributed by atoms with Gasteiger partial charge in [-0.1, -0.05) is 12.1 Å². The highest BCUT2D eigenvalue weighted by Gasteiger charge is 2.16. The second-order valence-corrected chi connectivity index (χ2v) is 5.17. The summed E-state index contributed by atoms with van der Waals surface area (Å²) in [6.45, 7) is 5.54. The van der Waals surface area contributed by atoms with Gasteiger partial charge in [0.15, 0.2) is 0 Å². The summed E-state index contributed by atoms with van der Waals surface area (Å²) in [6.07, 6.45) is 2.16. The molecule has 1 N–H and O–H groups in total. The van der Waals surface area contributed by atoms with Crippen molar-refractivity contribution in [3.8, 4) is 0 Å². The molecule has 0 bridgehead atoms. The van der Waals surface area contributed by atoms with Crippen LogP contribution in [-0.2, 0) is 22.4 Å². The molecule has 4 heteroatoms. The van der Waals surface area contributed by atoms with E-state index in [0.717, 1.165) is 52.2 Å². The van der Waals surface area contributed by atoms with E-state index in [2.05, 4.69) is 28.4 Å². The Hall–Kier alpha value is -1.10. The Morgan fingerprint density at radius 2 is 2.00 bits per heavy atom. The third kappa shape index (κ3) is 3.95. The lowest BCUT2D eigenvalue weighted by Crippen LogP contribution is -2.32. The highest BCUT2D eigenvalue weighted by Crippen LogP contribution is 2.26.